The van der Waals surface area contributed by atoms with Crippen molar-refractivity contribution in [2.24, 2.45) is 5.92 Å². The van der Waals surface area contributed by atoms with Gasteiger partial charge in [-0.2, -0.15) is 0 Å². The van der Waals surface area contributed by atoms with Crippen molar-refractivity contribution >= 4 is 11.6 Å². The molecule has 0 spiro atoms. The molecule has 1 heterocycles. The van der Waals surface area contributed by atoms with E-state index < -0.39 is 0 Å². The van der Waals surface area contributed by atoms with Crippen molar-refractivity contribution in [3.05, 3.63) is 0 Å². The van der Waals surface area contributed by atoms with Gasteiger partial charge in [0.25, 0.3) is 0 Å². The van der Waals surface area contributed by atoms with Crippen molar-refractivity contribution in [1.29, 1.82) is 0 Å². The molecule has 1 aliphatic carbocycles. The van der Waals surface area contributed by atoms with Gasteiger partial charge < -0.3 is 4.74 Å². The highest BCUT2D eigenvalue weighted by atomic mass is 35.5. The van der Waals surface area contributed by atoms with Gasteiger partial charge in [0.15, 0.2) is 0 Å². The lowest BCUT2D eigenvalue weighted by Gasteiger charge is -2.29. The molecule has 2 fully saturated rings. The van der Waals surface area contributed by atoms with Crippen LogP contribution in [0.25, 0.3) is 0 Å². The normalized spacial score (nSPS) is 44.1. The third kappa shape index (κ3) is 2.64. The fraction of sp³-hybridized carbons (Fsp3) is 1.00. The Labute approximate surface area is 92.2 Å². The minimum Gasteiger partial charge on any atom is -0.375 e. The Kier molecular flexibility index (Phi) is 3.73. The maximum atomic E-state index is 6.34. The predicted molar refractivity (Wildman–Crippen MR) is 59.8 cm³/mol. The van der Waals surface area contributed by atoms with E-state index in [2.05, 4.69) is 6.92 Å². The first-order valence-corrected chi connectivity index (χ1v) is 6.49. The maximum Gasteiger partial charge on any atom is 0.0582 e. The largest absolute Gasteiger partial charge is 0.375 e. The summed E-state index contributed by atoms with van der Waals surface area (Å²) in [5, 5.41) is 0.420. The smallest absolute Gasteiger partial charge is 0.0582 e. The average molecular weight is 217 g/mol. The van der Waals surface area contributed by atoms with Crippen LogP contribution in [0, 0.1) is 5.92 Å². The van der Waals surface area contributed by atoms with Crippen LogP contribution in [0.5, 0.6) is 0 Å². The number of ether oxygens (including phenoxy) is 1. The first kappa shape index (κ1) is 10.8. The zero-order valence-corrected chi connectivity index (χ0v) is 9.80. The van der Waals surface area contributed by atoms with Crippen molar-refractivity contribution in [2.45, 2.75) is 69.5 Å². The molecule has 4 atom stereocenters. The zero-order valence-electron chi connectivity index (χ0n) is 9.05. The van der Waals surface area contributed by atoms with Crippen LogP contribution >= 0.6 is 11.6 Å². The standard InChI is InChI=1S/C12H21ClO/c1-9-6-7-11(14-9)8-10-4-2-3-5-12(10)13/h9-12H,2-8H2,1H3. The molecule has 1 saturated heterocycles. The molecule has 2 aliphatic rings. The summed E-state index contributed by atoms with van der Waals surface area (Å²) in [7, 11) is 0. The molecule has 2 rings (SSSR count). The Morgan fingerprint density at radius 3 is 2.57 bits per heavy atom. The number of alkyl halides is 1. The highest BCUT2D eigenvalue weighted by Crippen LogP contribution is 2.35. The molecule has 0 radical (unpaired) electrons. The number of rotatable bonds is 2. The Morgan fingerprint density at radius 2 is 1.93 bits per heavy atom. The summed E-state index contributed by atoms with van der Waals surface area (Å²) < 4.78 is 5.85. The molecule has 0 aromatic carbocycles. The zero-order chi connectivity index (χ0) is 9.97. The molecule has 0 bridgehead atoms. The Morgan fingerprint density at radius 1 is 1.14 bits per heavy atom. The van der Waals surface area contributed by atoms with Gasteiger partial charge in [0.05, 0.1) is 12.2 Å². The second kappa shape index (κ2) is 4.85. The summed E-state index contributed by atoms with van der Waals surface area (Å²) in [6.45, 7) is 2.18. The van der Waals surface area contributed by atoms with E-state index >= 15 is 0 Å². The van der Waals surface area contributed by atoms with E-state index in [1.807, 2.05) is 0 Å². The number of hydrogen-bond donors (Lipinski definition) is 0. The monoisotopic (exact) mass is 216 g/mol. The van der Waals surface area contributed by atoms with Crippen molar-refractivity contribution in [3.8, 4) is 0 Å². The number of halogens is 1. The highest BCUT2D eigenvalue weighted by molar-refractivity contribution is 6.20. The minimum absolute atomic E-state index is 0.420. The van der Waals surface area contributed by atoms with Gasteiger partial charge in [0, 0.05) is 5.38 Å². The quantitative estimate of drug-likeness (QED) is 0.639. The molecule has 82 valence electrons. The van der Waals surface area contributed by atoms with Gasteiger partial charge in [0.2, 0.25) is 0 Å². The van der Waals surface area contributed by atoms with Gasteiger partial charge in [-0.25, -0.2) is 0 Å². The topological polar surface area (TPSA) is 9.23 Å². The first-order valence-electron chi connectivity index (χ1n) is 6.05. The Bertz CT molecular complexity index is 183. The Hall–Kier alpha value is 0.250. The van der Waals surface area contributed by atoms with Crippen LogP contribution < -0.4 is 0 Å². The molecular weight excluding hydrogens is 196 g/mol. The van der Waals surface area contributed by atoms with Gasteiger partial charge in [-0.05, 0) is 44.9 Å². The third-order valence-electron chi connectivity index (χ3n) is 3.70. The fourth-order valence-electron chi connectivity index (χ4n) is 2.82. The van der Waals surface area contributed by atoms with Crippen LogP contribution in [0.2, 0.25) is 0 Å². The molecule has 0 N–H and O–H groups in total. The van der Waals surface area contributed by atoms with Crippen LogP contribution in [0.3, 0.4) is 0 Å². The van der Waals surface area contributed by atoms with E-state index in [0.29, 0.717) is 17.6 Å². The summed E-state index contributed by atoms with van der Waals surface area (Å²) in [4.78, 5) is 0. The second-order valence-corrected chi connectivity index (χ2v) is 5.50. The second-order valence-electron chi connectivity index (χ2n) is 4.94. The first-order chi connectivity index (χ1) is 6.75. The van der Waals surface area contributed by atoms with Crippen molar-refractivity contribution in [2.75, 3.05) is 0 Å². The van der Waals surface area contributed by atoms with E-state index in [-0.39, 0.29) is 0 Å². The van der Waals surface area contributed by atoms with E-state index in [9.17, 15) is 0 Å². The fourth-order valence-corrected chi connectivity index (χ4v) is 3.21. The van der Waals surface area contributed by atoms with Gasteiger partial charge >= 0.3 is 0 Å². The summed E-state index contributed by atoms with van der Waals surface area (Å²) >= 11 is 6.34. The molecule has 0 aromatic heterocycles. The minimum atomic E-state index is 0.420. The van der Waals surface area contributed by atoms with Crippen molar-refractivity contribution < 1.29 is 4.74 Å². The maximum absolute atomic E-state index is 6.34. The van der Waals surface area contributed by atoms with E-state index in [1.165, 1.54) is 44.9 Å². The van der Waals surface area contributed by atoms with Gasteiger partial charge in [-0.3, -0.25) is 0 Å². The van der Waals surface area contributed by atoms with Crippen molar-refractivity contribution in [1.82, 2.24) is 0 Å². The van der Waals surface area contributed by atoms with Gasteiger partial charge in [-0.1, -0.05) is 12.8 Å². The summed E-state index contributed by atoms with van der Waals surface area (Å²) in [6.07, 6.45) is 9.93. The summed E-state index contributed by atoms with van der Waals surface area (Å²) in [5.41, 5.74) is 0. The van der Waals surface area contributed by atoms with Gasteiger partial charge in [0.1, 0.15) is 0 Å². The van der Waals surface area contributed by atoms with Crippen molar-refractivity contribution in [3.63, 3.8) is 0 Å². The van der Waals surface area contributed by atoms with E-state index in [4.69, 9.17) is 16.3 Å². The van der Waals surface area contributed by atoms with E-state index in [1.54, 1.807) is 0 Å². The third-order valence-corrected chi connectivity index (χ3v) is 4.28. The summed E-state index contributed by atoms with van der Waals surface area (Å²) in [5.74, 6) is 0.723. The van der Waals surface area contributed by atoms with Crippen LogP contribution in [0.1, 0.15) is 51.9 Å². The number of hydrogen-bond acceptors (Lipinski definition) is 1. The molecule has 14 heavy (non-hydrogen) atoms. The average Bonchev–Trinajstić information content (AvgIpc) is 2.56. The van der Waals surface area contributed by atoms with Crippen LogP contribution in [0.15, 0.2) is 0 Å². The Balaban J connectivity index is 1.78. The van der Waals surface area contributed by atoms with Gasteiger partial charge in [-0.15, -0.1) is 11.6 Å². The highest BCUT2D eigenvalue weighted by Gasteiger charge is 2.29. The predicted octanol–water partition coefficient (Wildman–Crippen LogP) is 3.74. The molecule has 0 amide bonds. The lowest BCUT2D eigenvalue weighted by molar-refractivity contribution is 0.0375. The molecule has 2 heteroatoms. The molecule has 0 aromatic rings. The van der Waals surface area contributed by atoms with Crippen LogP contribution in [-0.2, 0) is 4.74 Å². The molecular formula is C12H21ClO. The van der Waals surface area contributed by atoms with Crippen LogP contribution in [0.4, 0.5) is 0 Å². The van der Waals surface area contributed by atoms with E-state index in [0.717, 1.165) is 5.92 Å². The molecule has 1 aliphatic heterocycles. The molecule has 1 saturated carbocycles. The lowest BCUT2D eigenvalue weighted by Crippen LogP contribution is -2.24. The van der Waals surface area contributed by atoms with Crippen LogP contribution in [-0.4, -0.2) is 17.6 Å². The summed E-state index contributed by atoms with van der Waals surface area (Å²) in [6, 6.07) is 0. The lowest BCUT2D eigenvalue weighted by atomic mass is 9.84. The molecule has 4 unspecified atom stereocenters. The SMILES string of the molecule is CC1CCC(CC2CCCCC2Cl)O1. The molecule has 1 nitrogen and oxygen atoms in total.